The van der Waals surface area contributed by atoms with Gasteiger partial charge < -0.3 is 19.1 Å². The molecule has 2 aliphatic rings. The molecule has 1 amide bonds. The van der Waals surface area contributed by atoms with Crippen LogP contribution in [0.2, 0.25) is 0 Å². The van der Waals surface area contributed by atoms with Gasteiger partial charge in [0, 0.05) is 38.1 Å². The fraction of sp³-hybridized carbons (Fsp3) is 0.500. The Morgan fingerprint density at radius 1 is 1.23 bits per heavy atom. The minimum absolute atomic E-state index is 0.0535. The average molecular weight is 481 g/mol. The highest BCUT2D eigenvalue weighted by molar-refractivity contribution is 5.95. The van der Waals surface area contributed by atoms with Crippen molar-refractivity contribution in [3.8, 4) is 11.8 Å². The van der Waals surface area contributed by atoms with E-state index in [0.29, 0.717) is 49.4 Å². The first-order valence-corrected chi connectivity index (χ1v) is 12.4. The summed E-state index contributed by atoms with van der Waals surface area (Å²) in [6.07, 6.45) is 2.72. The van der Waals surface area contributed by atoms with Gasteiger partial charge in [-0.25, -0.2) is 4.39 Å². The first-order chi connectivity index (χ1) is 16.8. The summed E-state index contributed by atoms with van der Waals surface area (Å²) in [7, 11) is 0. The molecule has 1 spiro atoms. The van der Waals surface area contributed by atoms with Crippen molar-refractivity contribution in [2.24, 2.45) is 0 Å². The number of benzene rings is 2. The average Bonchev–Trinajstić information content (AvgIpc) is 2.84. The Morgan fingerprint density at radius 3 is 2.57 bits per heavy atom. The van der Waals surface area contributed by atoms with Crippen LogP contribution in [-0.2, 0) is 9.47 Å². The second-order valence-corrected chi connectivity index (χ2v) is 9.64. The van der Waals surface area contributed by atoms with Crippen molar-refractivity contribution in [2.45, 2.75) is 70.4 Å². The molecule has 2 atom stereocenters. The molecule has 2 saturated heterocycles. The van der Waals surface area contributed by atoms with Crippen LogP contribution in [0.1, 0.15) is 74.0 Å². The van der Waals surface area contributed by atoms with Crippen LogP contribution < -0.4 is 4.74 Å². The standard InChI is InChI=1S/C28H33FN2O4/c1-4-33-24-16-26(20-5-8-23(29)9-6-20)35-28(17-24)11-13-31(14-12-28)27(32)21-7-10-25(34-19(2)3)22(15-21)18-30/h5-10,15,19,24,26H,4,11-14,16-17H2,1-3H3/t24-,26-/m1/s1. The number of amides is 1. The molecule has 0 saturated carbocycles. The van der Waals surface area contributed by atoms with Gasteiger partial charge in [0.1, 0.15) is 17.6 Å². The predicted molar refractivity (Wildman–Crippen MR) is 130 cm³/mol. The molecule has 2 aromatic rings. The molecule has 35 heavy (non-hydrogen) atoms. The smallest absolute Gasteiger partial charge is 0.253 e. The summed E-state index contributed by atoms with van der Waals surface area (Å²) in [5, 5.41) is 9.51. The van der Waals surface area contributed by atoms with Gasteiger partial charge in [-0.1, -0.05) is 12.1 Å². The molecule has 0 radical (unpaired) electrons. The van der Waals surface area contributed by atoms with E-state index in [0.717, 1.165) is 18.4 Å². The Kier molecular flexibility index (Phi) is 7.73. The topological polar surface area (TPSA) is 71.8 Å². The highest BCUT2D eigenvalue weighted by Crippen LogP contribution is 2.44. The predicted octanol–water partition coefficient (Wildman–Crippen LogP) is 5.42. The maximum Gasteiger partial charge on any atom is 0.253 e. The molecule has 4 rings (SSSR count). The number of likely N-dealkylation sites (tertiary alicyclic amines) is 1. The van der Waals surface area contributed by atoms with Crippen LogP contribution in [0.15, 0.2) is 42.5 Å². The highest BCUT2D eigenvalue weighted by atomic mass is 19.1. The van der Waals surface area contributed by atoms with Crippen molar-refractivity contribution in [1.29, 1.82) is 5.26 Å². The quantitative estimate of drug-likeness (QED) is 0.552. The Hall–Kier alpha value is -2.95. The molecular formula is C28H33FN2O4. The zero-order valence-corrected chi connectivity index (χ0v) is 20.6. The molecule has 2 fully saturated rings. The summed E-state index contributed by atoms with van der Waals surface area (Å²) < 4.78 is 31.8. The second kappa shape index (κ2) is 10.8. The van der Waals surface area contributed by atoms with Gasteiger partial charge in [0.2, 0.25) is 0 Å². The van der Waals surface area contributed by atoms with Crippen LogP contribution >= 0.6 is 0 Å². The zero-order chi connectivity index (χ0) is 25.0. The van der Waals surface area contributed by atoms with Gasteiger partial charge in [-0.3, -0.25) is 4.79 Å². The molecule has 0 unspecified atom stereocenters. The lowest BCUT2D eigenvalue weighted by Gasteiger charge is -2.48. The molecule has 7 heteroatoms. The van der Waals surface area contributed by atoms with Crippen LogP contribution in [-0.4, -0.2) is 48.3 Å². The van der Waals surface area contributed by atoms with Crippen molar-refractivity contribution < 1.29 is 23.4 Å². The fourth-order valence-corrected chi connectivity index (χ4v) is 5.11. The van der Waals surface area contributed by atoms with Gasteiger partial charge in [0.05, 0.1) is 29.5 Å². The minimum atomic E-state index is -0.388. The number of halogens is 1. The van der Waals surface area contributed by atoms with Crippen LogP contribution in [0.3, 0.4) is 0 Å². The Morgan fingerprint density at radius 2 is 1.94 bits per heavy atom. The maximum absolute atomic E-state index is 13.5. The SMILES string of the molecule is CCO[C@@H]1C[C@H](c2ccc(F)cc2)OC2(CCN(C(=O)c3ccc(OC(C)C)c(C#N)c3)CC2)C1. The summed E-state index contributed by atoms with van der Waals surface area (Å²) >= 11 is 0. The Balaban J connectivity index is 1.46. The van der Waals surface area contributed by atoms with Crippen LogP contribution in [0.5, 0.6) is 5.75 Å². The first kappa shape index (κ1) is 25.2. The molecule has 0 bridgehead atoms. The number of carbonyl (C=O) groups excluding carboxylic acids is 1. The fourth-order valence-electron chi connectivity index (χ4n) is 5.11. The van der Waals surface area contributed by atoms with E-state index in [1.807, 2.05) is 25.7 Å². The summed E-state index contributed by atoms with van der Waals surface area (Å²) in [6, 6.07) is 13.6. The maximum atomic E-state index is 13.5. The van der Waals surface area contributed by atoms with Crippen molar-refractivity contribution in [2.75, 3.05) is 19.7 Å². The van der Waals surface area contributed by atoms with E-state index in [9.17, 15) is 14.4 Å². The number of rotatable bonds is 6. The highest BCUT2D eigenvalue weighted by Gasteiger charge is 2.45. The van der Waals surface area contributed by atoms with Crippen LogP contribution in [0, 0.1) is 17.1 Å². The number of hydrogen-bond donors (Lipinski definition) is 0. The molecule has 2 aromatic carbocycles. The van der Waals surface area contributed by atoms with Gasteiger partial charge in [-0.15, -0.1) is 0 Å². The lowest BCUT2D eigenvalue weighted by molar-refractivity contribution is -0.190. The molecule has 0 aliphatic carbocycles. The zero-order valence-electron chi connectivity index (χ0n) is 20.6. The van der Waals surface area contributed by atoms with Crippen molar-refractivity contribution in [1.82, 2.24) is 4.90 Å². The van der Waals surface area contributed by atoms with Gasteiger partial charge in [0.15, 0.2) is 0 Å². The Labute approximate surface area is 206 Å². The van der Waals surface area contributed by atoms with Crippen LogP contribution in [0.25, 0.3) is 0 Å². The lowest BCUT2D eigenvalue weighted by atomic mass is 9.80. The van der Waals surface area contributed by atoms with Crippen LogP contribution in [0.4, 0.5) is 4.39 Å². The number of carbonyl (C=O) groups is 1. The molecule has 6 nitrogen and oxygen atoms in total. The third-order valence-electron chi connectivity index (χ3n) is 6.78. The number of ether oxygens (including phenoxy) is 3. The molecular weight excluding hydrogens is 447 g/mol. The largest absolute Gasteiger partial charge is 0.490 e. The van der Waals surface area contributed by atoms with E-state index in [1.165, 1.54) is 12.1 Å². The van der Waals surface area contributed by atoms with Gasteiger partial charge in [-0.05, 0) is 69.5 Å². The molecule has 186 valence electrons. The van der Waals surface area contributed by atoms with Gasteiger partial charge in [-0.2, -0.15) is 5.26 Å². The molecule has 0 N–H and O–H groups in total. The van der Waals surface area contributed by atoms with Gasteiger partial charge >= 0.3 is 0 Å². The number of nitrogens with zero attached hydrogens (tertiary/aromatic N) is 2. The summed E-state index contributed by atoms with van der Waals surface area (Å²) in [4.78, 5) is 15.1. The summed E-state index contributed by atoms with van der Waals surface area (Å²) in [6.45, 7) is 7.52. The van der Waals surface area contributed by atoms with E-state index in [4.69, 9.17) is 14.2 Å². The molecule has 2 aliphatic heterocycles. The number of piperidine rings is 1. The number of hydrogen-bond acceptors (Lipinski definition) is 5. The molecule has 0 aromatic heterocycles. The van der Waals surface area contributed by atoms with E-state index < -0.39 is 0 Å². The normalized spacial score (nSPS) is 21.7. The second-order valence-electron chi connectivity index (χ2n) is 9.64. The van der Waals surface area contributed by atoms with E-state index in [1.54, 1.807) is 30.3 Å². The number of nitriles is 1. The van der Waals surface area contributed by atoms with Crippen molar-refractivity contribution in [3.63, 3.8) is 0 Å². The molecule has 2 heterocycles. The van der Waals surface area contributed by atoms with Gasteiger partial charge in [0.25, 0.3) is 5.91 Å². The van der Waals surface area contributed by atoms with Crippen molar-refractivity contribution in [3.05, 3.63) is 65.0 Å². The third-order valence-corrected chi connectivity index (χ3v) is 6.78. The summed E-state index contributed by atoms with van der Waals surface area (Å²) in [5.74, 6) is 0.122. The van der Waals surface area contributed by atoms with E-state index in [-0.39, 0.29) is 35.6 Å². The first-order valence-electron chi connectivity index (χ1n) is 12.4. The van der Waals surface area contributed by atoms with Crippen molar-refractivity contribution >= 4 is 5.91 Å². The van der Waals surface area contributed by atoms with E-state index >= 15 is 0 Å². The minimum Gasteiger partial charge on any atom is -0.490 e. The van der Waals surface area contributed by atoms with E-state index in [2.05, 4.69) is 6.07 Å². The Bertz CT molecular complexity index is 1070. The monoisotopic (exact) mass is 480 g/mol. The third kappa shape index (κ3) is 5.83. The lowest BCUT2D eigenvalue weighted by Crippen LogP contribution is -2.52. The summed E-state index contributed by atoms with van der Waals surface area (Å²) in [5.41, 5.74) is 1.40.